The summed E-state index contributed by atoms with van der Waals surface area (Å²) in [5.74, 6) is 3.05. The van der Waals surface area contributed by atoms with E-state index in [0.29, 0.717) is 6.54 Å². The van der Waals surface area contributed by atoms with Crippen LogP contribution in [0.1, 0.15) is 36.8 Å². The largest absolute Gasteiger partial charge is 0.326 e. The highest BCUT2D eigenvalue weighted by Crippen LogP contribution is 2.48. The van der Waals surface area contributed by atoms with Crippen molar-refractivity contribution in [2.24, 2.45) is 23.5 Å². The standard InChI is InChI=1S/C17H26N2/c1-19(11-15-4-2-3-14(7-15)10-18)12-17-9-13-5-6-16(17)8-13/h2-4,7,13,16-17H,5-6,8-12,18H2,1H3. The fraction of sp³-hybridized carbons (Fsp3) is 0.647. The fourth-order valence-corrected chi connectivity index (χ4v) is 4.23. The van der Waals surface area contributed by atoms with Crippen LogP contribution in [0.2, 0.25) is 0 Å². The van der Waals surface area contributed by atoms with Crippen molar-refractivity contribution in [3.8, 4) is 0 Å². The van der Waals surface area contributed by atoms with Crippen LogP contribution in [0.25, 0.3) is 0 Å². The molecule has 0 aliphatic heterocycles. The summed E-state index contributed by atoms with van der Waals surface area (Å²) < 4.78 is 0. The summed E-state index contributed by atoms with van der Waals surface area (Å²) in [7, 11) is 2.26. The minimum Gasteiger partial charge on any atom is -0.326 e. The molecule has 1 aromatic carbocycles. The van der Waals surface area contributed by atoms with Gasteiger partial charge in [-0.1, -0.05) is 30.7 Å². The highest BCUT2D eigenvalue weighted by molar-refractivity contribution is 5.23. The van der Waals surface area contributed by atoms with E-state index in [1.807, 2.05) is 0 Å². The maximum absolute atomic E-state index is 5.71. The van der Waals surface area contributed by atoms with Crippen LogP contribution in [0.5, 0.6) is 0 Å². The van der Waals surface area contributed by atoms with E-state index in [2.05, 4.69) is 36.2 Å². The van der Waals surface area contributed by atoms with Gasteiger partial charge in [-0.15, -0.1) is 0 Å². The van der Waals surface area contributed by atoms with Gasteiger partial charge in [-0.05, 0) is 55.2 Å². The summed E-state index contributed by atoms with van der Waals surface area (Å²) >= 11 is 0. The maximum atomic E-state index is 5.71. The van der Waals surface area contributed by atoms with E-state index >= 15 is 0 Å². The summed E-state index contributed by atoms with van der Waals surface area (Å²) in [6.07, 6.45) is 5.99. The number of hydrogen-bond donors (Lipinski definition) is 1. The molecule has 0 aromatic heterocycles. The van der Waals surface area contributed by atoms with Crippen LogP contribution in [0.4, 0.5) is 0 Å². The van der Waals surface area contributed by atoms with Gasteiger partial charge < -0.3 is 10.6 Å². The summed E-state index contributed by atoms with van der Waals surface area (Å²) in [6.45, 7) is 2.97. The molecule has 19 heavy (non-hydrogen) atoms. The lowest BCUT2D eigenvalue weighted by Crippen LogP contribution is -2.28. The van der Waals surface area contributed by atoms with Crippen LogP contribution < -0.4 is 5.73 Å². The Morgan fingerprint density at radius 1 is 1.21 bits per heavy atom. The van der Waals surface area contributed by atoms with Crippen molar-refractivity contribution in [2.45, 2.75) is 38.8 Å². The van der Waals surface area contributed by atoms with E-state index in [1.165, 1.54) is 43.4 Å². The number of rotatable bonds is 5. The minimum atomic E-state index is 0.643. The van der Waals surface area contributed by atoms with Crippen molar-refractivity contribution in [3.05, 3.63) is 35.4 Å². The van der Waals surface area contributed by atoms with Gasteiger partial charge >= 0.3 is 0 Å². The topological polar surface area (TPSA) is 29.3 Å². The first-order valence-corrected chi connectivity index (χ1v) is 7.71. The molecule has 3 unspecified atom stereocenters. The molecule has 2 nitrogen and oxygen atoms in total. The number of benzene rings is 1. The van der Waals surface area contributed by atoms with Gasteiger partial charge in [0.2, 0.25) is 0 Å². The summed E-state index contributed by atoms with van der Waals surface area (Å²) in [5, 5.41) is 0. The fourth-order valence-electron chi connectivity index (χ4n) is 4.23. The Bertz CT molecular complexity index is 429. The lowest BCUT2D eigenvalue weighted by Gasteiger charge is -2.27. The van der Waals surface area contributed by atoms with Gasteiger partial charge in [0.25, 0.3) is 0 Å². The van der Waals surface area contributed by atoms with Crippen molar-refractivity contribution in [1.82, 2.24) is 4.90 Å². The van der Waals surface area contributed by atoms with Gasteiger partial charge in [0.15, 0.2) is 0 Å². The van der Waals surface area contributed by atoms with Crippen LogP contribution >= 0.6 is 0 Å². The van der Waals surface area contributed by atoms with E-state index in [9.17, 15) is 0 Å². The first kappa shape index (κ1) is 13.1. The third-order valence-electron chi connectivity index (χ3n) is 5.11. The van der Waals surface area contributed by atoms with Crippen molar-refractivity contribution in [2.75, 3.05) is 13.6 Å². The Hall–Kier alpha value is -0.860. The zero-order valence-corrected chi connectivity index (χ0v) is 12.0. The van der Waals surface area contributed by atoms with Crippen LogP contribution in [0.15, 0.2) is 24.3 Å². The normalized spacial score (nSPS) is 29.3. The quantitative estimate of drug-likeness (QED) is 0.879. The molecule has 2 bridgehead atoms. The van der Waals surface area contributed by atoms with E-state index in [4.69, 9.17) is 5.73 Å². The van der Waals surface area contributed by atoms with Gasteiger partial charge in [0.1, 0.15) is 0 Å². The Morgan fingerprint density at radius 2 is 2.05 bits per heavy atom. The predicted octanol–water partition coefficient (Wildman–Crippen LogP) is 3.01. The molecule has 0 saturated heterocycles. The molecule has 2 aliphatic rings. The molecule has 2 fully saturated rings. The Kier molecular flexibility index (Phi) is 3.90. The average molecular weight is 258 g/mol. The highest BCUT2D eigenvalue weighted by Gasteiger charge is 2.39. The van der Waals surface area contributed by atoms with E-state index in [0.717, 1.165) is 24.3 Å². The summed E-state index contributed by atoms with van der Waals surface area (Å²) in [6, 6.07) is 8.70. The molecule has 2 N–H and O–H groups in total. The monoisotopic (exact) mass is 258 g/mol. The van der Waals surface area contributed by atoms with Crippen LogP contribution in [0, 0.1) is 17.8 Å². The minimum absolute atomic E-state index is 0.643. The molecule has 104 valence electrons. The molecule has 0 heterocycles. The number of hydrogen-bond acceptors (Lipinski definition) is 2. The average Bonchev–Trinajstić information content (AvgIpc) is 3.01. The molecular weight excluding hydrogens is 232 g/mol. The molecule has 0 amide bonds. The lowest BCUT2D eigenvalue weighted by molar-refractivity contribution is 0.214. The second kappa shape index (κ2) is 5.64. The van der Waals surface area contributed by atoms with Gasteiger partial charge in [-0.25, -0.2) is 0 Å². The Balaban J connectivity index is 1.54. The van der Waals surface area contributed by atoms with Crippen LogP contribution in [-0.4, -0.2) is 18.5 Å². The number of nitrogens with two attached hydrogens (primary N) is 1. The Labute approximate surface area is 117 Å². The molecule has 3 atom stereocenters. The predicted molar refractivity (Wildman–Crippen MR) is 79.6 cm³/mol. The molecule has 0 radical (unpaired) electrons. The maximum Gasteiger partial charge on any atom is 0.0230 e. The van der Waals surface area contributed by atoms with Crippen LogP contribution in [-0.2, 0) is 13.1 Å². The zero-order valence-electron chi connectivity index (χ0n) is 12.0. The molecule has 2 aliphatic carbocycles. The first-order chi connectivity index (χ1) is 9.24. The second-order valence-electron chi connectivity index (χ2n) is 6.66. The third-order valence-corrected chi connectivity index (χ3v) is 5.11. The van der Waals surface area contributed by atoms with Crippen molar-refractivity contribution in [3.63, 3.8) is 0 Å². The summed E-state index contributed by atoms with van der Waals surface area (Å²) in [4.78, 5) is 2.50. The van der Waals surface area contributed by atoms with E-state index in [-0.39, 0.29) is 0 Å². The lowest BCUT2D eigenvalue weighted by atomic mass is 9.88. The third kappa shape index (κ3) is 3.01. The van der Waals surface area contributed by atoms with Crippen molar-refractivity contribution >= 4 is 0 Å². The molecule has 1 aromatic rings. The van der Waals surface area contributed by atoms with Crippen molar-refractivity contribution < 1.29 is 0 Å². The Morgan fingerprint density at radius 3 is 2.74 bits per heavy atom. The summed E-state index contributed by atoms with van der Waals surface area (Å²) in [5.41, 5.74) is 8.35. The number of fused-ring (bicyclic) bond motifs is 2. The van der Waals surface area contributed by atoms with Gasteiger partial charge in [-0.3, -0.25) is 0 Å². The van der Waals surface area contributed by atoms with Gasteiger partial charge in [0, 0.05) is 19.6 Å². The molecular formula is C17H26N2. The highest BCUT2D eigenvalue weighted by atomic mass is 15.1. The van der Waals surface area contributed by atoms with E-state index in [1.54, 1.807) is 0 Å². The number of nitrogens with zero attached hydrogens (tertiary/aromatic N) is 1. The van der Waals surface area contributed by atoms with Crippen molar-refractivity contribution in [1.29, 1.82) is 0 Å². The smallest absolute Gasteiger partial charge is 0.0230 e. The first-order valence-electron chi connectivity index (χ1n) is 7.71. The molecule has 2 saturated carbocycles. The molecule has 0 spiro atoms. The SMILES string of the molecule is CN(Cc1cccc(CN)c1)CC1CC2CCC1C2. The van der Waals surface area contributed by atoms with Gasteiger partial charge in [-0.2, -0.15) is 0 Å². The van der Waals surface area contributed by atoms with Gasteiger partial charge in [0.05, 0.1) is 0 Å². The second-order valence-corrected chi connectivity index (χ2v) is 6.66. The molecule has 2 heteroatoms. The molecule has 3 rings (SSSR count). The van der Waals surface area contributed by atoms with E-state index < -0.39 is 0 Å². The zero-order chi connectivity index (χ0) is 13.2. The van der Waals surface area contributed by atoms with Crippen LogP contribution in [0.3, 0.4) is 0 Å².